The van der Waals surface area contributed by atoms with Gasteiger partial charge < -0.3 is 4.90 Å². The van der Waals surface area contributed by atoms with Crippen molar-refractivity contribution in [1.29, 1.82) is 0 Å². The van der Waals surface area contributed by atoms with Gasteiger partial charge in [0.2, 0.25) is 5.91 Å². The molecule has 0 aliphatic carbocycles. The van der Waals surface area contributed by atoms with E-state index >= 15 is 0 Å². The summed E-state index contributed by atoms with van der Waals surface area (Å²) in [5.74, 6) is 0.996. The lowest BCUT2D eigenvalue weighted by Crippen LogP contribution is -2.41. The van der Waals surface area contributed by atoms with Crippen molar-refractivity contribution in [2.45, 2.75) is 50.9 Å². The third kappa shape index (κ3) is 2.36. The molecule has 0 radical (unpaired) electrons. The van der Waals surface area contributed by atoms with Gasteiger partial charge in [0.1, 0.15) is 0 Å². The van der Waals surface area contributed by atoms with Crippen molar-refractivity contribution in [1.82, 2.24) is 0 Å². The first-order valence-electron chi connectivity index (χ1n) is 7.38. The number of nitrogens with zero attached hydrogens (tertiary/aromatic N) is 1. The van der Waals surface area contributed by atoms with Crippen LogP contribution in [0.4, 0.5) is 5.69 Å². The second kappa shape index (κ2) is 4.48. The van der Waals surface area contributed by atoms with Crippen LogP contribution < -0.4 is 4.90 Å². The second-order valence-corrected chi connectivity index (χ2v) is 12.7. The first kappa shape index (κ1) is 12.9. The Hall–Kier alpha value is -1.09. The maximum absolute atomic E-state index is 12.1. The van der Waals surface area contributed by atoms with Gasteiger partial charge in [-0.1, -0.05) is 43.9 Å². The van der Waals surface area contributed by atoms with E-state index in [1.807, 2.05) is 0 Å². The molecular weight excluding hydrogens is 250 g/mol. The maximum atomic E-state index is 12.1. The summed E-state index contributed by atoms with van der Waals surface area (Å²) in [4.78, 5) is 14.2. The summed E-state index contributed by atoms with van der Waals surface area (Å²) in [6, 6.07) is 7.99. The molecule has 2 heterocycles. The Bertz CT molecular complexity index is 518. The predicted octanol–water partition coefficient (Wildman–Crippen LogP) is 3.79. The Morgan fingerprint density at radius 2 is 2.05 bits per heavy atom. The number of amides is 1. The van der Waals surface area contributed by atoms with E-state index in [4.69, 9.17) is 0 Å². The largest absolute Gasteiger partial charge is 0.312 e. The van der Waals surface area contributed by atoms with Crippen LogP contribution in [0.5, 0.6) is 0 Å². The van der Waals surface area contributed by atoms with Crippen molar-refractivity contribution in [2.75, 3.05) is 11.4 Å². The number of aryl methyl sites for hydroxylation is 1. The number of carbonyl (C=O) groups excluding carboxylic acids is 1. The first-order chi connectivity index (χ1) is 8.96. The van der Waals surface area contributed by atoms with Gasteiger partial charge in [0.05, 0.1) is 5.69 Å². The maximum Gasteiger partial charge on any atom is 0.227 e. The monoisotopic (exact) mass is 273 g/mol. The number of anilines is 1. The molecule has 1 aromatic rings. The smallest absolute Gasteiger partial charge is 0.227 e. The summed E-state index contributed by atoms with van der Waals surface area (Å²) >= 11 is 0. The summed E-state index contributed by atoms with van der Waals surface area (Å²) in [5.41, 5.74) is 4.10. The van der Waals surface area contributed by atoms with Gasteiger partial charge in [-0.15, -0.1) is 0 Å². The van der Waals surface area contributed by atoms with E-state index in [9.17, 15) is 4.79 Å². The molecule has 0 aromatic heterocycles. The van der Waals surface area contributed by atoms with Crippen molar-refractivity contribution < 1.29 is 4.79 Å². The van der Waals surface area contributed by atoms with Crippen molar-refractivity contribution in [3.63, 3.8) is 0 Å². The van der Waals surface area contributed by atoms with Crippen LogP contribution in [-0.2, 0) is 11.2 Å². The van der Waals surface area contributed by atoms with Crippen LogP contribution in [0.25, 0.3) is 0 Å². The minimum atomic E-state index is -1.07. The Kier molecular flexibility index (Phi) is 3.04. The van der Waals surface area contributed by atoms with Crippen molar-refractivity contribution >= 4 is 19.7 Å². The lowest BCUT2D eigenvalue weighted by atomic mass is 9.86. The average molecular weight is 273 g/mol. The third-order valence-corrected chi connectivity index (χ3v) is 6.05. The highest BCUT2D eigenvalue weighted by Crippen LogP contribution is 2.43. The van der Waals surface area contributed by atoms with Crippen LogP contribution >= 0.6 is 0 Å². The molecule has 19 heavy (non-hydrogen) atoms. The van der Waals surface area contributed by atoms with E-state index in [1.165, 1.54) is 22.9 Å². The molecule has 3 rings (SSSR count). The molecule has 0 saturated heterocycles. The van der Waals surface area contributed by atoms with Gasteiger partial charge in [0.15, 0.2) is 0 Å². The number of benzene rings is 1. The van der Waals surface area contributed by atoms with E-state index < -0.39 is 8.07 Å². The topological polar surface area (TPSA) is 20.3 Å². The van der Waals surface area contributed by atoms with Crippen LogP contribution in [0, 0.1) is 0 Å². The summed E-state index contributed by atoms with van der Waals surface area (Å²) in [5, 5.41) is 0. The zero-order valence-corrected chi connectivity index (χ0v) is 13.2. The zero-order chi connectivity index (χ0) is 13.6. The first-order valence-corrected chi connectivity index (χ1v) is 11.1. The number of hydrogen-bond donors (Lipinski definition) is 0. The van der Waals surface area contributed by atoms with Crippen LogP contribution in [0.1, 0.15) is 29.9 Å². The fourth-order valence-corrected chi connectivity index (χ4v) is 5.50. The van der Waals surface area contributed by atoms with Crippen LogP contribution in [0.3, 0.4) is 0 Å². The quantitative estimate of drug-likeness (QED) is 0.751. The Labute approximate surface area is 116 Å². The fraction of sp³-hybridized carbons (Fsp3) is 0.562. The molecule has 1 atom stereocenters. The molecule has 0 bridgehead atoms. The van der Waals surface area contributed by atoms with E-state index in [-0.39, 0.29) is 0 Å². The van der Waals surface area contributed by atoms with Gasteiger partial charge >= 0.3 is 0 Å². The average Bonchev–Trinajstić information content (AvgIpc) is 2.34. The molecule has 1 amide bonds. The van der Waals surface area contributed by atoms with Gasteiger partial charge in [-0.2, -0.15) is 0 Å². The summed E-state index contributed by atoms with van der Waals surface area (Å²) in [6.45, 7) is 8.26. The number of para-hydroxylation sites is 1. The van der Waals surface area contributed by atoms with Crippen molar-refractivity contribution in [3.8, 4) is 0 Å². The Morgan fingerprint density at radius 1 is 1.26 bits per heavy atom. The van der Waals surface area contributed by atoms with Gasteiger partial charge in [-0.3, -0.25) is 4.79 Å². The number of carbonyl (C=O) groups is 1. The number of hydrogen-bond acceptors (Lipinski definition) is 1. The summed E-state index contributed by atoms with van der Waals surface area (Å²) in [7, 11) is -1.07. The Balaban J connectivity index is 2.03. The summed E-state index contributed by atoms with van der Waals surface area (Å²) in [6.07, 6.45) is 2.76. The van der Waals surface area contributed by atoms with Gasteiger partial charge in [-0.25, -0.2) is 0 Å². The third-order valence-electron chi connectivity index (χ3n) is 4.33. The van der Waals surface area contributed by atoms with Crippen molar-refractivity contribution in [3.05, 3.63) is 29.3 Å². The van der Waals surface area contributed by atoms with Gasteiger partial charge in [-0.05, 0) is 29.9 Å². The molecule has 0 spiro atoms. The molecule has 2 aliphatic rings. The normalized spacial score (nSPS) is 22.4. The zero-order valence-electron chi connectivity index (χ0n) is 12.2. The SMILES string of the molecule is C[Si](C)(C)CC1CCN2C(=O)CCc3cccc1c32. The minimum Gasteiger partial charge on any atom is -0.312 e. The van der Waals surface area contributed by atoms with E-state index in [1.54, 1.807) is 0 Å². The van der Waals surface area contributed by atoms with Gasteiger partial charge in [0, 0.05) is 21.0 Å². The molecule has 0 saturated carbocycles. The lowest BCUT2D eigenvalue weighted by Gasteiger charge is -2.40. The van der Waals surface area contributed by atoms with Crippen LogP contribution in [0.15, 0.2) is 18.2 Å². The number of rotatable bonds is 2. The van der Waals surface area contributed by atoms with E-state index in [2.05, 4.69) is 42.7 Å². The highest BCUT2D eigenvalue weighted by molar-refractivity contribution is 6.76. The molecule has 102 valence electrons. The predicted molar refractivity (Wildman–Crippen MR) is 82.6 cm³/mol. The van der Waals surface area contributed by atoms with E-state index in [0.717, 1.165) is 19.4 Å². The molecule has 0 fully saturated rings. The molecule has 2 nitrogen and oxygen atoms in total. The molecule has 2 aliphatic heterocycles. The van der Waals surface area contributed by atoms with Gasteiger partial charge in [0.25, 0.3) is 0 Å². The van der Waals surface area contributed by atoms with Crippen LogP contribution in [0.2, 0.25) is 25.7 Å². The van der Waals surface area contributed by atoms with Crippen LogP contribution in [-0.4, -0.2) is 20.5 Å². The molecule has 0 N–H and O–H groups in total. The lowest BCUT2D eigenvalue weighted by molar-refractivity contribution is -0.119. The molecular formula is C16H23NOSi. The molecule has 1 aromatic carbocycles. The highest BCUT2D eigenvalue weighted by atomic mass is 28.3. The standard InChI is InChI=1S/C16H23NOSi/c1-19(2,3)11-13-9-10-17-15(18)8-7-12-5-4-6-14(13)16(12)17/h4-6,13H,7-11H2,1-3H3. The van der Waals surface area contributed by atoms with Crippen molar-refractivity contribution in [2.24, 2.45) is 0 Å². The molecule has 1 unspecified atom stereocenters. The van der Waals surface area contributed by atoms with E-state index in [0.29, 0.717) is 18.2 Å². The Morgan fingerprint density at radius 3 is 2.79 bits per heavy atom. The highest BCUT2D eigenvalue weighted by Gasteiger charge is 2.34. The second-order valence-electron chi connectivity index (χ2n) is 7.15. The fourth-order valence-electron chi connectivity index (χ4n) is 3.60. The summed E-state index contributed by atoms with van der Waals surface area (Å²) < 4.78 is 0. The minimum absolute atomic E-state index is 0.325. The molecule has 3 heteroatoms.